The molecule has 0 aliphatic heterocycles. The van der Waals surface area contributed by atoms with Crippen molar-refractivity contribution in [2.24, 2.45) is 10.7 Å². The molecule has 0 heterocycles. The average Bonchev–Trinajstić information content (AvgIpc) is 2.48. The van der Waals surface area contributed by atoms with Crippen LogP contribution >= 0.6 is 24.0 Å². The number of aliphatic imine (C=N–C) groups is 1. The van der Waals surface area contributed by atoms with Gasteiger partial charge in [0, 0.05) is 11.6 Å². The second-order valence-electron chi connectivity index (χ2n) is 5.22. The van der Waals surface area contributed by atoms with Crippen LogP contribution in [0.4, 0.5) is 0 Å². The summed E-state index contributed by atoms with van der Waals surface area (Å²) in [5, 5.41) is 3.33. The number of ether oxygens (including phenoxy) is 1. The van der Waals surface area contributed by atoms with E-state index in [1.807, 2.05) is 31.2 Å². The van der Waals surface area contributed by atoms with Gasteiger partial charge in [0.05, 0.1) is 13.2 Å². The molecule has 5 heteroatoms. The molecular weight excluding hydrogens is 377 g/mol. The Balaban J connectivity index is 0.00000220. The van der Waals surface area contributed by atoms with Gasteiger partial charge in [-0.25, -0.2) is 4.99 Å². The smallest absolute Gasteiger partial charge is 0.189 e. The van der Waals surface area contributed by atoms with E-state index in [0.29, 0.717) is 25.2 Å². The molecular formula is C16H26IN3O. The van der Waals surface area contributed by atoms with Crippen LogP contribution in [0.5, 0.6) is 5.75 Å². The monoisotopic (exact) mass is 403 g/mol. The predicted molar refractivity (Wildman–Crippen MR) is 98.4 cm³/mol. The lowest BCUT2D eigenvalue weighted by atomic mass is 9.96. The Morgan fingerprint density at radius 1 is 1.29 bits per heavy atom. The quantitative estimate of drug-likeness (QED) is 0.450. The van der Waals surface area contributed by atoms with Gasteiger partial charge in [-0.05, 0) is 25.8 Å². The first-order valence-electron chi connectivity index (χ1n) is 7.56. The molecule has 1 aliphatic carbocycles. The molecule has 0 aromatic heterocycles. The van der Waals surface area contributed by atoms with Gasteiger partial charge in [-0.1, -0.05) is 37.5 Å². The molecule has 0 bridgehead atoms. The summed E-state index contributed by atoms with van der Waals surface area (Å²) >= 11 is 0. The van der Waals surface area contributed by atoms with E-state index in [1.165, 1.54) is 32.1 Å². The number of hydrogen-bond acceptors (Lipinski definition) is 2. The third-order valence-corrected chi connectivity index (χ3v) is 3.65. The van der Waals surface area contributed by atoms with E-state index in [2.05, 4.69) is 10.3 Å². The number of hydrogen-bond donors (Lipinski definition) is 2. The molecule has 0 unspecified atom stereocenters. The van der Waals surface area contributed by atoms with Crippen LogP contribution in [-0.4, -0.2) is 18.6 Å². The van der Waals surface area contributed by atoms with Crippen LogP contribution < -0.4 is 15.8 Å². The van der Waals surface area contributed by atoms with Crippen molar-refractivity contribution in [1.82, 2.24) is 5.32 Å². The Morgan fingerprint density at radius 3 is 2.71 bits per heavy atom. The lowest BCUT2D eigenvalue weighted by Crippen LogP contribution is -2.41. The summed E-state index contributed by atoms with van der Waals surface area (Å²) in [6, 6.07) is 8.47. The summed E-state index contributed by atoms with van der Waals surface area (Å²) in [6.45, 7) is 3.21. The van der Waals surface area contributed by atoms with Crippen LogP contribution in [0.25, 0.3) is 0 Å². The topological polar surface area (TPSA) is 59.6 Å². The number of guanidine groups is 1. The SMILES string of the molecule is CCOc1ccccc1CN=C(N)NC1CCCCC1.I. The van der Waals surface area contributed by atoms with Gasteiger partial charge < -0.3 is 15.8 Å². The van der Waals surface area contributed by atoms with E-state index in [1.54, 1.807) is 0 Å². The molecule has 118 valence electrons. The van der Waals surface area contributed by atoms with Crippen LogP contribution in [-0.2, 0) is 6.54 Å². The second kappa shape index (κ2) is 9.87. The van der Waals surface area contributed by atoms with Crippen molar-refractivity contribution in [2.75, 3.05) is 6.61 Å². The van der Waals surface area contributed by atoms with E-state index in [4.69, 9.17) is 10.5 Å². The van der Waals surface area contributed by atoms with E-state index < -0.39 is 0 Å². The molecule has 3 N–H and O–H groups in total. The number of para-hydroxylation sites is 1. The Kier molecular flexibility index (Phi) is 8.49. The summed E-state index contributed by atoms with van der Waals surface area (Å²) in [5.74, 6) is 1.44. The summed E-state index contributed by atoms with van der Waals surface area (Å²) in [6.07, 6.45) is 6.32. The zero-order chi connectivity index (χ0) is 14.2. The van der Waals surface area contributed by atoms with Gasteiger partial charge >= 0.3 is 0 Å². The van der Waals surface area contributed by atoms with Gasteiger partial charge in [-0.15, -0.1) is 24.0 Å². The van der Waals surface area contributed by atoms with Crippen LogP contribution in [0.1, 0.15) is 44.6 Å². The highest BCUT2D eigenvalue weighted by Crippen LogP contribution is 2.19. The highest BCUT2D eigenvalue weighted by molar-refractivity contribution is 14.0. The number of benzene rings is 1. The molecule has 0 saturated heterocycles. The van der Waals surface area contributed by atoms with Crippen molar-refractivity contribution in [3.05, 3.63) is 29.8 Å². The highest BCUT2D eigenvalue weighted by atomic mass is 127. The van der Waals surface area contributed by atoms with Crippen molar-refractivity contribution < 1.29 is 4.74 Å². The fourth-order valence-corrected chi connectivity index (χ4v) is 2.60. The minimum atomic E-state index is 0. The van der Waals surface area contributed by atoms with Crippen molar-refractivity contribution in [2.45, 2.75) is 51.6 Å². The van der Waals surface area contributed by atoms with Gasteiger partial charge in [0.2, 0.25) is 0 Å². The fourth-order valence-electron chi connectivity index (χ4n) is 2.60. The first-order chi connectivity index (χ1) is 9.79. The number of rotatable bonds is 5. The zero-order valence-electron chi connectivity index (χ0n) is 12.7. The fraction of sp³-hybridized carbons (Fsp3) is 0.562. The highest BCUT2D eigenvalue weighted by Gasteiger charge is 2.13. The molecule has 1 aromatic carbocycles. The standard InChI is InChI=1S/C16H25N3O.HI/c1-2-20-15-11-7-6-8-13(15)12-18-16(17)19-14-9-4-3-5-10-14;/h6-8,11,14H,2-5,9-10,12H2,1H3,(H3,17,18,19);1H. The number of nitrogens with one attached hydrogen (secondary N) is 1. The summed E-state index contributed by atoms with van der Waals surface area (Å²) in [5.41, 5.74) is 7.05. The molecule has 0 spiro atoms. The molecule has 1 fully saturated rings. The van der Waals surface area contributed by atoms with Crippen molar-refractivity contribution >= 4 is 29.9 Å². The van der Waals surface area contributed by atoms with Gasteiger partial charge in [0.25, 0.3) is 0 Å². The molecule has 2 rings (SSSR count). The number of halogens is 1. The van der Waals surface area contributed by atoms with E-state index in [0.717, 1.165) is 11.3 Å². The van der Waals surface area contributed by atoms with E-state index in [-0.39, 0.29) is 24.0 Å². The third-order valence-electron chi connectivity index (χ3n) is 3.65. The van der Waals surface area contributed by atoms with Gasteiger partial charge in [0.1, 0.15) is 5.75 Å². The maximum atomic E-state index is 5.97. The van der Waals surface area contributed by atoms with Crippen molar-refractivity contribution in [3.63, 3.8) is 0 Å². The largest absolute Gasteiger partial charge is 0.494 e. The van der Waals surface area contributed by atoms with Crippen LogP contribution in [0, 0.1) is 0 Å². The summed E-state index contributed by atoms with van der Waals surface area (Å²) in [4.78, 5) is 4.43. The first kappa shape index (κ1) is 18.1. The van der Waals surface area contributed by atoms with Gasteiger partial charge in [-0.2, -0.15) is 0 Å². The Hall–Kier alpha value is -0.980. The van der Waals surface area contributed by atoms with Gasteiger partial charge in [0.15, 0.2) is 5.96 Å². The summed E-state index contributed by atoms with van der Waals surface area (Å²) < 4.78 is 5.59. The minimum absolute atomic E-state index is 0. The molecule has 0 atom stereocenters. The maximum absolute atomic E-state index is 5.97. The Morgan fingerprint density at radius 2 is 2.00 bits per heavy atom. The summed E-state index contributed by atoms with van der Waals surface area (Å²) in [7, 11) is 0. The molecule has 21 heavy (non-hydrogen) atoms. The maximum Gasteiger partial charge on any atom is 0.189 e. The minimum Gasteiger partial charge on any atom is -0.494 e. The first-order valence-corrected chi connectivity index (χ1v) is 7.56. The molecule has 4 nitrogen and oxygen atoms in total. The molecule has 1 aromatic rings. The van der Waals surface area contributed by atoms with Crippen LogP contribution in [0.3, 0.4) is 0 Å². The Labute approximate surface area is 144 Å². The van der Waals surface area contributed by atoms with Crippen molar-refractivity contribution in [3.8, 4) is 5.75 Å². The van der Waals surface area contributed by atoms with E-state index >= 15 is 0 Å². The molecule has 0 radical (unpaired) electrons. The normalized spacial score (nSPS) is 16.1. The lowest BCUT2D eigenvalue weighted by Gasteiger charge is -2.23. The van der Waals surface area contributed by atoms with E-state index in [9.17, 15) is 0 Å². The average molecular weight is 403 g/mol. The van der Waals surface area contributed by atoms with Crippen LogP contribution in [0.2, 0.25) is 0 Å². The zero-order valence-corrected chi connectivity index (χ0v) is 15.0. The van der Waals surface area contributed by atoms with Gasteiger partial charge in [-0.3, -0.25) is 0 Å². The number of nitrogens with zero attached hydrogens (tertiary/aromatic N) is 1. The molecule has 1 aliphatic rings. The third kappa shape index (κ3) is 6.11. The predicted octanol–water partition coefficient (Wildman–Crippen LogP) is 3.44. The number of nitrogens with two attached hydrogens (primary N) is 1. The molecule has 0 amide bonds. The Bertz CT molecular complexity index is 445. The second-order valence-corrected chi connectivity index (χ2v) is 5.22. The van der Waals surface area contributed by atoms with Crippen LogP contribution in [0.15, 0.2) is 29.3 Å². The molecule has 1 saturated carbocycles. The lowest BCUT2D eigenvalue weighted by molar-refractivity contribution is 0.336. The van der Waals surface area contributed by atoms with Crippen molar-refractivity contribution in [1.29, 1.82) is 0 Å².